The Morgan fingerprint density at radius 2 is 1.71 bits per heavy atom. The van der Waals surface area contributed by atoms with Gasteiger partial charge in [-0.2, -0.15) is 0 Å². The quantitative estimate of drug-likeness (QED) is 0.574. The third-order valence-corrected chi connectivity index (χ3v) is 3.40. The molecule has 1 heterocycles. The molecule has 5 heteroatoms. The van der Waals surface area contributed by atoms with Crippen LogP contribution >= 0.6 is 0 Å². The number of nitrogens with one attached hydrogen (secondary N) is 1. The van der Waals surface area contributed by atoms with Gasteiger partial charge >= 0.3 is 0 Å². The SMILES string of the molecule is CCCCCCCCCCNc1cc(N)nc(COC)n1. The van der Waals surface area contributed by atoms with E-state index in [1.165, 1.54) is 44.9 Å². The molecule has 21 heavy (non-hydrogen) atoms. The van der Waals surface area contributed by atoms with Crippen molar-refractivity contribution in [2.45, 2.75) is 64.9 Å². The van der Waals surface area contributed by atoms with Crippen molar-refractivity contribution < 1.29 is 4.74 Å². The summed E-state index contributed by atoms with van der Waals surface area (Å²) in [6, 6.07) is 1.77. The van der Waals surface area contributed by atoms with Crippen molar-refractivity contribution in [1.82, 2.24) is 9.97 Å². The van der Waals surface area contributed by atoms with E-state index in [1.807, 2.05) is 0 Å². The van der Waals surface area contributed by atoms with Crippen LogP contribution in [0.2, 0.25) is 0 Å². The standard InChI is InChI=1S/C16H30N4O/c1-3-4-5-6-7-8-9-10-11-18-15-12-14(17)19-16(20-15)13-21-2/h12H,3-11,13H2,1-2H3,(H3,17,18,19,20). The zero-order valence-corrected chi connectivity index (χ0v) is 13.5. The van der Waals surface area contributed by atoms with Crippen LogP contribution in [-0.2, 0) is 11.3 Å². The lowest BCUT2D eigenvalue weighted by molar-refractivity contribution is 0.178. The molecule has 0 fully saturated rings. The van der Waals surface area contributed by atoms with Gasteiger partial charge in [-0.15, -0.1) is 0 Å². The zero-order valence-electron chi connectivity index (χ0n) is 13.5. The van der Waals surface area contributed by atoms with E-state index in [4.69, 9.17) is 10.5 Å². The first-order chi connectivity index (χ1) is 10.3. The third-order valence-electron chi connectivity index (χ3n) is 3.40. The molecule has 0 amide bonds. The van der Waals surface area contributed by atoms with Crippen LogP contribution in [0.1, 0.15) is 64.1 Å². The summed E-state index contributed by atoms with van der Waals surface area (Å²) in [7, 11) is 1.63. The molecule has 0 saturated carbocycles. The minimum Gasteiger partial charge on any atom is -0.384 e. The molecule has 0 unspecified atom stereocenters. The van der Waals surface area contributed by atoms with Gasteiger partial charge < -0.3 is 15.8 Å². The average molecular weight is 294 g/mol. The Balaban J connectivity index is 2.12. The van der Waals surface area contributed by atoms with Crippen LogP contribution in [0.4, 0.5) is 11.6 Å². The fraction of sp³-hybridized carbons (Fsp3) is 0.750. The van der Waals surface area contributed by atoms with Crippen molar-refractivity contribution >= 4 is 11.6 Å². The number of nitrogen functional groups attached to an aromatic ring is 1. The van der Waals surface area contributed by atoms with Crippen LogP contribution < -0.4 is 11.1 Å². The summed E-state index contributed by atoms with van der Waals surface area (Å²) in [5, 5.41) is 3.31. The first-order valence-electron chi connectivity index (χ1n) is 8.12. The highest BCUT2D eigenvalue weighted by atomic mass is 16.5. The smallest absolute Gasteiger partial charge is 0.158 e. The fourth-order valence-corrected chi connectivity index (χ4v) is 2.28. The van der Waals surface area contributed by atoms with Gasteiger partial charge in [0.25, 0.3) is 0 Å². The van der Waals surface area contributed by atoms with Gasteiger partial charge in [-0.3, -0.25) is 0 Å². The predicted molar refractivity (Wildman–Crippen MR) is 88.3 cm³/mol. The molecule has 1 aromatic heterocycles. The minimum absolute atomic E-state index is 0.386. The van der Waals surface area contributed by atoms with E-state index >= 15 is 0 Å². The Morgan fingerprint density at radius 1 is 1.05 bits per heavy atom. The van der Waals surface area contributed by atoms with E-state index in [9.17, 15) is 0 Å². The average Bonchev–Trinajstić information content (AvgIpc) is 2.45. The van der Waals surface area contributed by atoms with Gasteiger partial charge in [0.1, 0.15) is 18.2 Å². The van der Waals surface area contributed by atoms with Crippen molar-refractivity contribution in [1.29, 1.82) is 0 Å². The molecule has 0 spiro atoms. The number of hydrogen-bond donors (Lipinski definition) is 2. The van der Waals surface area contributed by atoms with Crippen LogP contribution in [0.25, 0.3) is 0 Å². The summed E-state index contributed by atoms with van der Waals surface area (Å²) in [5.74, 6) is 1.89. The molecule has 0 aliphatic carbocycles. The summed E-state index contributed by atoms with van der Waals surface area (Å²) >= 11 is 0. The molecule has 0 radical (unpaired) electrons. The Labute approximate surface area is 128 Å². The van der Waals surface area contributed by atoms with Crippen LogP contribution in [-0.4, -0.2) is 23.6 Å². The highest BCUT2D eigenvalue weighted by Gasteiger charge is 2.02. The molecule has 0 saturated heterocycles. The third kappa shape index (κ3) is 8.50. The second-order valence-electron chi connectivity index (χ2n) is 5.43. The van der Waals surface area contributed by atoms with Crippen molar-refractivity contribution in [3.8, 4) is 0 Å². The minimum atomic E-state index is 0.386. The number of rotatable bonds is 12. The van der Waals surface area contributed by atoms with Gasteiger partial charge in [0.05, 0.1) is 0 Å². The van der Waals surface area contributed by atoms with Crippen molar-refractivity contribution in [3.05, 3.63) is 11.9 Å². The highest BCUT2D eigenvalue weighted by molar-refractivity contribution is 5.44. The first kappa shape index (κ1) is 17.7. The molecule has 3 N–H and O–H groups in total. The van der Waals surface area contributed by atoms with Crippen molar-refractivity contribution in [2.24, 2.45) is 0 Å². The monoisotopic (exact) mass is 294 g/mol. The highest BCUT2D eigenvalue weighted by Crippen LogP contribution is 2.11. The van der Waals surface area contributed by atoms with E-state index in [0.717, 1.165) is 18.8 Å². The summed E-state index contributed by atoms with van der Waals surface area (Å²) in [6.07, 6.45) is 10.6. The molecular formula is C16H30N4O. The Hall–Kier alpha value is -1.36. The van der Waals surface area contributed by atoms with E-state index in [2.05, 4.69) is 22.2 Å². The van der Waals surface area contributed by atoms with Crippen LogP contribution in [0.5, 0.6) is 0 Å². The number of anilines is 2. The lowest BCUT2D eigenvalue weighted by atomic mass is 10.1. The topological polar surface area (TPSA) is 73.1 Å². The summed E-state index contributed by atoms with van der Waals surface area (Å²) in [4.78, 5) is 8.48. The second-order valence-corrected chi connectivity index (χ2v) is 5.43. The molecule has 0 aliphatic heterocycles. The molecule has 0 aromatic carbocycles. The second kappa shape index (κ2) is 11.3. The van der Waals surface area contributed by atoms with Crippen LogP contribution in [0.3, 0.4) is 0 Å². The largest absolute Gasteiger partial charge is 0.384 e. The number of unbranched alkanes of at least 4 members (excludes halogenated alkanes) is 7. The molecule has 1 rings (SSSR count). The predicted octanol–water partition coefficient (Wildman–Crippen LogP) is 3.76. The maximum atomic E-state index is 5.75. The normalized spacial score (nSPS) is 10.8. The lowest BCUT2D eigenvalue weighted by Crippen LogP contribution is -2.08. The Morgan fingerprint density at radius 3 is 2.38 bits per heavy atom. The zero-order chi connectivity index (χ0) is 15.3. The number of methoxy groups -OCH3 is 1. The molecule has 1 aromatic rings. The molecule has 0 bridgehead atoms. The summed E-state index contributed by atoms with van der Waals surface area (Å²) in [5.41, 5.74) is 5.75. The van der Waals surface area contributed by atoms with Gasteiger partial charge in [-0.1, -0.05) is 51.9 Å². The Kier molecular flexibility index (Phi) is 9.53. The molecule has 5 nitrogen and oxygen atoms in total. The molecule has 120 valence electrons. The number of nitrogens with two attached hydrogens (primary N) is 1. The molecular weight excluding hydrogens is 264 g/mol. The van der Waals surface area contributed by atoms with Crippen molar-refractivity contribution in [3.63, 3.8) is 0 Å². The Bertz CT molecular complexity index is 385. The number of nitrogens with zero attached hydrogens (tertiary/aromatic N) is 2. The van der Waals surface area contributed by atoms with Gasteiger partial charge in [0, 0.05) is 19.7 Å². The number of hydrogen-bond acceptors (Lipinski definition) is 5. The summed E-state index contributed by atoms with van der Waals surface area (Å²) < 4.78 is 5.03. The maximum Gasteiger partial charge on any atom is 0.158 e. The fourth-order valence-electron chi connectivity index (χ4n) is 2.28. The van der Waals surface area contributed by atoms with Crippen LogP contribution in [0.15, 0.2) is 6.07 Å². The van der Waals surface area contributed by atoms with E-state index in [-0.39, 0.29) is 0 Å². The number of ether oxygens (including phenoxy) is 1. The lowest BCUT2D eigenvalue weighted by Gasteiger charge is -2.08. The number of aromatic nitrogens is 2. The van der Waals surface area contributed by atoms with E-state index in [0.29, 0.717) is 18.2 Å². The van der Waals surface area contributed by atoms with Crippen LogP contribution in [0, 0.1) is 0 Å². The molecule has 0 aliphatic rings. The first-order valence-corrected chi connectivity index (χ1v) is 8.12. The van der Waals surface area contributed by atoms with Crippen molar-refractivity contribution in [2.75, 3.05) is 24.7 Å². The molecule has 0 atom stereocenters. The van der Waals surface area contributed by atoms with E-state index < -0.39 is 0 Å². The van der Waals surface area contributed by atoms with E-state index in [1.54, 1.807) is 13.2 Å². The van der Waals surface area contributed by atoms with Gasteiger partial charge in [0.15, 0.2) is 5.82 Å². The van der Waals surface area contributed by atoms with Gasteiger partial charge in [-0.25, -0.2) is 9.97 Å². The summed E-state index contributed by atoms with van der Waals surface area (Å²) in [6.45, 7) is 3.57. The van der Waals surface area contributed by atoms with Gasteiger partial charge in [0.2, 0.25) is 0 Å². The van der Waals surface area contributed by atoms with Gasteiger partial charge in [-0.05, 0) is 6.42 Å². The maximum absolute atomic E-state index is 5.75.